The second-order valence-electron chi connectivity index (χ2n) is 4.51. The van der Waals surface area contributed by atoms with Crippen LogP contribution in [-0.4, -0.2) is 36.6 Å². The number of aliphatic hydroxyl groups excluding tert-OH is 1. The van der Waals surface area contributed by atoms with Crippen molar-refractivity contribution in [2.24, 2.45) is 5.41 Å². The van der Waals surface area contributed by atoms with E-state index in [0.717, 1.165) is 6.42 Å². The summed E-state index contributed by atoms with van der Waals surface area (Å²) in [6.45, 7) is 4.16. The van der Waals surface area contributed by atoms with Gasteiger partial charge in [-0.05, 0) is 18.3 Å². The van der Waals surface area contributed by atoms with Crippen molar-refractivity contribution in [3.8, 4) is 6.07 Å². The van der Waals surface area contributed by atoms with Gasteiger partial charge in [-0.2, -0.15) is 5.26 Å². The van der Waals surface area contributed by atoms with Crippen LogP contribution in [0.5, 0.6) is 0 Å². The standard InChI is InChI=1S/C11H19N3O3/c1-11(2,4-3-7-15)8-14-10(17)9(16)13-6-5-12/h15H,3-4,6-8H2,1-2H3,(H,13,16)(H,14,17). The Hall–Kier alpha value is -1.61. The lowest BCUT2D eigenvalue weighted by molar-refractivity contribution is -0.139. The van der Waals surface area contributed by atoms with Gasteiger partial charge in [0.2, 0.25) is 0 Å². The maximum atomic E-state index is 11.3. The number of nitrogens with one attached hydrogen (secondary N) is 2. The highest BCUT2D eigenvalue weighted by Crippen LogP contribution is 2.20. The molecule has 0 aliphatic carbocycles. The Bertz CT molecular complexity index is 308. The largest absolute Gasteiger partial charge is 0.396 e. The third-order valence-corrected chi connectivity index (χ3v) is 2.27. The van der Waals surface area contributed by atoms with Gasteiger partial charge in [-0.25, -0.2) is 0 Å². The zero-order chi connectivity index (χ0) is 13.3. The Morgan fingerprint density at radius 3 is 2.41 bits per heavy atom. The van der Waals surface area contributed by atoms with Gasteiger partial charge in [0.15, 0.2) is 0 Å². The minimum Gasteiger partial charge on any atom is -0.396 e. The molecule has 0 rings (SSSR count). The molecule has 0 bridgehead atoms. The molecular formula is C11H19N3O3. The Balaban J connectivity index is 3.98. The number of hydrogen-bond donors (Lipinski definition) is 3. The van der Waals surface area contributed by atoms with Crippen molar-refractivity contribution >= 4 is 11.8 Å². The summed E-state index contributed by atoms with van der Waals surface area (Å²) in [6.07, 6.45) is 1.41. The van der Waals surface area contributed by atoms with Crippen molar-refractivity contribution in [1.82, 2.24) is 10.6 Å². The molecule has 0 radical (unpaired) electrons. The summed E-state index contributed by atoms with van der Waals surface area (Å²) in [6, 6.07) is 1.71. The van der Waals surface area contributed by atoms with E-state index in [2.05, 4.69) is 10.6 Å². The average Bonchev–Trinajstić information content (AvgIpc) is 2.30. The van der Waals surface area contributed by atoms with Crippen LogP contribution in [0, 0.1) is 16.7 Å². The number of carbonyl (C=O) groups is 2. The molecule has 2 amide bonds. The van der Waals surface area contributed by atoms with E-state index in [-0.39, 0.29) is 18.6 Å². The molecule has 3 N–H and O–H groups in total. The second-order valence-corrected chi connectivity index (χ2v) is 4.51. The summed E-state index contributed by atoms with van der Waals surface area (Å²) < 4.78 is 0. The first-order valence-corrected chi connectivity index (χ1v) is 5.47. The van der Waals surface area contributed by atoms with Gasteiger partial charge < -0.3 is 15.7 Å². The van der Waals surface area contributed by atoms with Gasteiger partial charge in [0.1, 0.15) is 6.54 Å². The first-order chi connectivity index (χ1) is 7.93. The van der Waals surface area contributed by atoms with E-state index in [1.807, 2.05) is 13.8 Å². The van der Waals surface area contributed by atoms with Crippen molar-refractivity contribution in [2.45, 2.75) is 26.7 Å². The van der Waals surface area contributed by atoms with Crippen LogP contribution in [-0.2, 0) is 9.59 Å². The summed E-state index contributed by atoms with van der Waals surface area (Å²) in [5, 5.41) is 21.6. The molecule has 0 aromatic heterocycles. The molecule has 0 unspecified atom stereocenters. The molecular weight excluding hydrogens is 222 g/mol. The first kappa shape index (κ1) is 15.4. The maximum absolute atomic E-state index is 11.3. The SMILES string of the molecule is CC(C)(CCCO)CNC(=O)C(=O)NCC#N. The normalized spacial score (nSPS) is 10.5. The minimum atomic E-state index is -0.801. The first-order valence-electron chi connectivity index (χ1n) is 5.47. The Kier molecular flexibility index (Phi) is 6.91. The number of nitrogens with zero attached hydrogens (tertiary/aromatic N) is 1. The molecule has 6 heteroatoms. The molecule has 0 atom stereocenters. The maximum Gasteiger partial charge on any atom is 0.310 e. The van der Waals surface area contributed by atoms with E-state index in [1.54, 1.807) is 6.07 Å². The smallest absolute Gasteiger partial charge is 0.310 e. The van der Waals surface area contributed by atoms with E-state index < -0.39 is 11.8 Å². The molecule has 0 aliphatic heterocycles. The topological polar surface area (TPSA) is 102 Å². The lowest BCUT2D eigenvalue weighted by Gasteiger charge is -2.24. The van der Waals surface area contributed by atoms with Crippen LogP contribution in [0.15, 0.2) is 0 Å². The Morgan fingerprint density at radius 1 is 1.29 bits per heavy atom. The highest BCUT2D eigenvalue weighted by molar-refractivity contribution is 6.35. The fraction of sp³-hybridized carbons (Fsp3) is 0.727. The third kappa shape index (κ3) is 7.30. The monoisotopic (exact) mass is 241 g/mol. The van der Waals surface area contributed by atoms with Gasteiger partial charge in [0, 0.05) is 13.2 Å². The molecule has 17 heavy (non-hydrogen) atoms. The number of rotatable bonds is 6. The second kappa shape index (κ2) is 7.63. The van der Waals surface area contributed by atoms with Crippen LogP contribution in [0.2, 0.25) is 0 Å². The summed E-state index contributed by atoms with van der Waals surface area (Å²) in [7, 11) is 0. The number of aliphatic hydroxyl groups is 1. The molecule has 0 fully saturated rings. The van der Waals surface area contributed by atoms with Gasteiger partial charge in [0.25, 0.3) is 0 Å². The predicted molar refractivity (Wildman–Crippen MR) is 61.7 cm³/mol. The van der Waals surface area contributed by atoms with Crippen molar-refractivity contribution in [1.29, 1.82) is 5.26 Å². The number of carbonyl (C=O) groups excluding carboxylic acids is 2. The van der Waals surface area contributed by atoms with Crippen LogP contribution in [0.3, 0.4) is 0 Å². The van der Waals surface area contributed by atoms with Gasteiger partial charge in [-0.15, -0.1) is 0 Å². The fourth-order valence-electron chi connectivity index (χ4n) is 1.25. The van der Waals surface area contributed by atoms with Gasteiger partial charge in [0.05, 0.1) is 6.07 Å². The minimum absolute atomic E-state index is 0.111. The van der Waals surface area contributed by atoms with Gasteiger partial charge >= 0.3 is 11.8 Å². The third-order valence-electron chi connectivity index (χ3n) is 2.27. The number of nitriles is 1. The zero-order valence-electron chi connectivity index (χ0n) is 10.2. The number of amides is 2. The Morgan fingerprint density at radius 2 is 1.88 bits per heavy atom. The van der Waals surface area contributed by atoms with Crippen LogP contribution in [0.1, 0.15) is 26.7 Å². The summed E-state index contributed by atoms with van der Waals surface area (Å²) in [4.78, 5) is 22.4. The van der Waals surface area contributed by atoms with E-state index >= 15 is 0 Å². The quantitative estimate of drug-likeness (QED) is 0.432. The molecule has 0 aromatic carbocycles. The molecule has 0 aliphatic rings. The molecule has 6 nitrogen and oxygen atoms in total. The molecule has 0 spiro atoms. The molecule has 96 valence electrons. The van der Waals surface area contributed by atoms with Crippen LogP contribution in [0.4, 0.5) is 0 Å². The van der Waals surface area contributed by atoms with Crippen LogP contribution >= 0.6 is 0 Å². The van der Waals surface area contributed by atoms with E-state index in [1.165, 1.54) is 0 Å². The van der Waals surface area contributed by atoms with Crippen molar-refractivity contribution < 1.29 is 14.7 Å². The highest BCUT2D eigenvalue weighted by Gasteiger charge is 2.20. The summed E-state index contributed by atoms with van der Waals surface area (Å²) in [5.74, 6) is -1.54. The average molecular weight is 241 g/mol. The van der Waals surface area contributed by atoms with Crippen molar-refractivity contribution in [3.63, 3.8) is 0 Å². The van der Waals surface area contributed by atoms with E-state index in [0.29, 0.717) is 13.0 Å². The van der Waals surface area contributed by atoms with Crippen LogP contribution < -0.4 is 10.6 Å². The molecule has 0 aromatic rings. The lowest BCUT2D eigenvalue weighted by atomic mass is 9.88. The molecule has 0 saturated heterocycles. The summed E-state index contributed by atoms with van der Waals surface area (Å²) >= 11 is 0. The fourth-order valence-corrected chi connectivity index (χ4v) is 1.25. The van der Waals surface area contributed by atoms with Gasteiger partial charge in [-0.3, -0.25) is 9.59 Å². The van der Waals surface area contributed by atoms with Crippen LogP contribution in [0.25, 0.3) is 0 Å². The molecule has 0 heterocycles. The summed E-state index contributed by atoms with van der Waals surface area (Å²) in [5.41, 5.74) is -0.173. The van der Waals surface area contributed by atoms with Crippen molar-refractivity contribution in [2.75, 3.05) is 19.7 Å². The van der Waals surface area contributed by atoms with Gasteiger partial charge in [-0.1, -0.05) is 13.8 Å². The van der Waals surface area contributed by atoms with Crippen molar-refractivity contribution in [3.05, 3.63) is 0 Å². The van der Waals surface area contributed by atoms with E-state index in [9.17, 15) is 9.59 Å². The highest BCUT2D eigenvalue weighted by atomic mass is 16.3. The Labute approximate surface area is 101 Å². The van der Waals surface area contributed by atoms with E-state index in [4.69, 9.17) is 10.4 Å². The zero-order valence-corrected chi connectivity index (χ0v) is 10.2. The predicted octanol–water partition coefficient (Wildman–Crippen LogP) is -0.459. The lowest BCUT2D eigenvalue weighted by Crippen LogP contribution is -2.43. The molecule has 0 saturated carbocycles. The number of hydrogen-bond acceptors (Lipinski definition) is 4.